The molecule has 1 saturated heterocycles. The standard InChI is InChI=1S/C13H19NO/c1-10-7-11(2)14(8-10)9-12-3-5-13(15)6-4-12/h3-6,10-11,15H,7-9H2,1-2H3. The fourth-order valence-electron chi connectivity index (χ4n) is 2.44. The summed E-state index contributed by atoms with van der Waals surface area (Å²) in [5.74, 6) is 1.17. The maximum atomic E-state index is 9.20. The molecule has 0 aromatic heterocycles. The highest BCUT2D eigenvalue weighted by Gasteiger charge is 2.25. The molecule has 0 spiro atoms. The zero-order chi connectivity index (χ0) is 10.8. The zero-order valence-corrected chi connectivity index (χ0v) is 9.48. The van der Waals surface area contributed by atoms with Gasteiger partial charge in [0.2, 0.25) is 0 Å². The molecule has 1 N–H and O–H groups in total. The van der Waals surface area contributed by atoms with Crippen LogP contribution in [-0.4, -0.2) is 22.6 Å². The van der Waals surface area contributed by atoms with E-state index >= 15 is 0 Å². The third-order valence-corrected chi connectivity index (χ3v) is 3.24. The fraction of sp³-hybridized carbons (Fsp3) is 0.538. The van der Waals surface area contributed by atoms with Crippen LogP contribution in [0.25, 0.3) is 0 Å². The number of rotatable bonds is 2. The van der Waals surface area contributed by atoms with Gasteiger partial charge in [-0.2, -0.15) is 0 Å². The van der Waals surface area contributed by atoms with Gasteiger partial charge < -0.3 is 5.11 Å². The molecular weight excluding hydrogens is 186 g/mol. The number of likely N-dealkylation sites (tertiary alicyclic amines) is 1. The minimum atomic E-state index is 0.349. The van der Waals surface area contributed by atoms with Crippen LogP contribution in [0.4, 0.5) is 0 Å². The first-order chi connectivity index (χ1) is 7.15. The summed E-state index contributed by atoms with van der Waals surface area (Å²) in [6.07, 6.45) is 1.30. The molecule has 1 aromatic rings. The minimum Gasteiger partial charge on any atom is -0.508 e. The van der Waals surface area contributed by atoms with Crippen molar-refractivity contribution in [3.63, 3.8) is 0 Å². The van der Waals surface area contributed by atoms with Gasteiger partial charge in [0.15, 0.2) is 0 Å². The van der Waals surface area contributed by atoms with Gasteiger partial charge in [-0.05, 0) is 37.0 Å². The number of hydrogen-bond donors (Lipinski definition) is 1. The highest BCUT2D eigenvalue weighted by atomic mass is 16.3. The highest BCUT2D eigenvalue weighted by molar-refractivity contribution is 5.25. The molecule has 2 rings (SSSR count). The van der Waals surface area contributed by atoms with Crippen LogP contribution in [0.15, 0.2) is 24.3 Å². The number of aromatic hydroxyl groups is 1. The van der Waals surface area contributed by atoms with Crippen LogP contribution in [0.1, 0.15) is 25.8 Å². The first-order valence-corrected chi connectivity index (χ1v) is 5.67. The molecule has 1 aliphatic rings. The summed E-state index contributed by atoms with van der Waals surface area (Å²) in [6, 6.07) is 8.23. The lowest BCUT2D eigenvalue weighted by atomic mass is 10.1. The summed E-state index contributed by atoms with van der Waals surface area (Å²) in [4.78, 5) is 2.51. The van der Waals surface area contributed by atoms with Crippen molar-refractivity contribution in [1.82, 2.24) is 4.90 Å². The molecule has 2 atom stereocenters. The van der Waals surface area contributed by atoms with Gasteiger partial charge in [0.25, 0.3) is 0 Å². The van der Waals surface area contributed by atoms with E-state index in [1.807, 2.05) is 12.1 Å². The van der Waals surface area contributed by atoms with E-state index in [-0.39, 0.29) is 0 Å². The topological polar surface area (TPSA) is 23.5 Å². The molecule has 15 heavy (non-hydrogen) atoms. The predicted molar refractivity (Wildman–Crippen MR) is 61.8 cm³/mol. The third-order valence-electron chi connectivity index (χ3n) is 3.24. The van der Waals surface area contributed by atoms with Crippen molar-refractivity contribution in [1.29, 1.82) is 0 Å². The summed E-state index contributed by atoms with van der Waals surface area (Å²) >= 11 is 0. The number of phenols is 1. The zero-order valence-electron chi connectivity index (χ0n) is 9.48. The smallest absolute Gasteiger partial charge is 0.115 e. The average Bonchev–Trinajstić information content (AvgIpc) is 2.49. The molecule has 0 amide bonds. The van der Waals surface area contributed by atoms with Crippen LogP contribution in [0.3, 0.4) is 0 Å². The summed E-state index contributed by atoms with van der Waals surface area (Å²) in [5.41, 5.74) is 1.29. The molecule has 0 radical (unpaired) electrons. The van der Waals surface area contributed by atoms with E-state index in [4.69, 9.17) is 0 Å². The monoisotopic (exact) mass is 205 g/mol. The SMILES string of the molecule is CC1CC(C)N(Cc2ccc(O)cc2)C1. The van der Waals surface area contributed by atoms with Crippen molar-refractivity contribution in [3.05, 3.63) is 29.8 Å². The molecule has 0 aliphatic carbocycles. The molecule has 1 aromatic carbocycles. The molecule has 1 fully saturated rings. The largest absolute Gasteiger partial charge is 0.508 e. The molecule has 2 nitrogen and oxygen atoms in total. The maximum Gasteiger partial charge on any atom is 0.115 e. The fourth-order valence-corrected chi connectivity index (χ4v) is 2.44. The Balaban J connectivity index is 2.00. The normalized spacial score (nSPS) is 27.1. The second kappa shape index (κ2) is 4.23. The molecule has 2 heteroatoms. The van der Waals surface area contributed by atoms with Gasteiger partial charge >= 0.3 is 0 Å². The number of phenolic OH excluding ortho intramolecular Hbond substituents is 1. The Hall–Kier alpha value is -1.02. The van der Waals surface area contributed by atoms with E-state index in [9.17, 15) is 5.11 Å². The Morgan fingerprint density at radius 3 is 2.47 bits per heavy atom. The Kier molecular flexibility index (Phi) is 2.96. The Bertz CT molecular complexity index is 320. The van der Waals surface area contributed by atoms with Crippen molar-refractivity contribution < 1.29 is 5.11 Å². The van der Waals surface area contributed by atoms with Gasteiger partial charge in [0.1, 0.15) is 5.75 Å². The predicted octanol–water partition coefficient (Wildman–Crippen LogP) is 2.62. The Morgan fingerprint density at radius 2 is 1.93 bits per heavy atom. The van der Waals surface area contributed by atoms with Gasteiger partial charge in [0.05, 0.1) is 0 Å². The summed E-state index contributed by atoms with van der Waals surface area (Å²) in [6.45, 7) is 6.81. The van der Waals surface area contributed by atoms with E-state index in [1.54, 1.807) is 12.1 Å². The van der Waals surface area contributed by atoms with Crippen molar-refractivity contribution >= 4 is 0 Å². The highest BCUT2D eigenvalue weighted by Crippen LogP contribution is 2.24. The molecule has 82 valence electrons. The van der Waals surface area contributed by atoms with Gasteiger partial charge in [-0.15, -0.1) is 0 Å². The summed E-state index contributed by atoms with van der Waals surface area (Å²) < 4.78 is 0. The lowest BCUT2D eigenvalue weighted by Gasteiger charge is -2.20. The van der Waals surface area contributed by atoms with Crippen LogP contribution in [-0.2, 0) is 6.54 Å². The van der Waals surface area contributed by atoms with Gasteiger partial charge in [-0.25, -0.2) is 0 Å². The van der Waals surface area contributed by atoms with E-state index in [0.29, 0.717) is 11.8 Å². The summed E-state index contributed by atoms with van der Waals surface area (Å²) in [7, 11) is 0. The van der Waals surface area contributed by atoms with E-state index in [0.717, 1.165) is 12.5 Å². The van der Waals surface area contributed by atoms with Crippen molar-refractivity contribution in [2.24, 2.45) is 5.92 Å². The molecule has 0 saturated carbocycles. The molecule has 0 bridgehead atoms. The third kappa shape index (κ3) is 2.51. The van der Waals surface area contributed by atoms with Crippen molar-refractivity contribution in [2.75, 3.05) is 6.54 Å². The van der Waals surface area contributed by atoms with Crippen LogP contribution in [0.2, 0.25) is 0 Å². The molecular formula is C13H19NO. The van der Waals surface area contributed by atoms with Gasteiger partial charge in [-0.3, -0.25) is 4.90 Å². The Morgan fingerprint density at radius 1 is 1.27 bits per heavy atom. The van der Waals surface area contributed by atoms with Gasteiger partial charge in [-0.1, -0.05) is 19.1 Å². The number of benzene rings is 1. The van der Waals surface area contributed by atoms with Crippen LogP contribution in [0.5, 0.6) is 5.75 Å². The second-order valence-electron chi connectivity index (χ2n) is 4.79. The molecule has 1 aliphatic heterocycles. The number of nitrogens with zero attached hydrogens (tertiary/aromatic N) is 1. The molecule has 2 unspecified atom stereocenters. The molecule has 1 heterocycles. The van der Waals surface area contributed by atoms with Crippen LogP contribution >= 0.6 is 0 Å². The first kappa shape index (κ1) is 10.5. The second-order valence-corrected chi connectivity index (χ2v) is 4.79. The lowest BCUT2D eigenvalue weighted by molar-refractivity contribution is 0.256. The first-order valence-electron chi connectivity index (χ1n) is 5.67. The maximum absolute atomic E-state index is 9.20. The van der Waals surface area contributed by atoms with Gasteiger partial charge in [0, 0.05) is 19.1 Å². The lowest BCUT2D eigenvalue weighted by Crippen LogP contribution is -2.26. The van der Waals surface area contributed by atoms with E-state index in [2.05, 4.69) is 18.7 Å². The van der Waals surface area contributed by atoms with Crippen molar-refractivity contribution in [2.45, 2.75) is 32.9 Å². The Labute approximate surface area is 91.5 Å². The quantitative estimate of drug-likeness (QED) is 0.802. The minimum absolute atomic E-state index is 0.349. The van der Waals surface area contributed by atoms with Crippen molar-refractivity contribution in [3.8, 4) is 5.75 Å². The van der Waals surface area contributed by atoms with E-state index < -0.39 is 0 Å². The summed E-state index contributed by atoms with van der Waals surface area (Å²) in [5, 5.41) is 9.20. The van der Waals surface area contributed by atoms with E-state index in [1.165, 1.54) is 18.5 Å². The number of hydrogen-bond acceptors (Lipinski definition) is 2. The van der Waals surface area contributed by atoms with Crippen LogP contribution < -0.4 is 0 Å². The average molecular weight is 205 g/mol. The van der Waals surface area contributed by atoms with Crippen LogP contribution in [0, 0.1) is 5.92 Å².